The van der Waals surface area contributed by atoms with E-state index in [1.54, 1.807) is 14.2 Å². The van der Waals surface area contributed by atoms with Gasteiger partial charge in [-0.05, 0) is 5.56 Å². The number of carbonyl (C=O) groups is 1. The molecule has 0 unspecified atom stereocenters. The molecule has 0 saturated carbocycles. The molecule has 1 aliphatic rings. The monoisotopic (exact) mass is 312 g/mol. The number of ketones is 1. The van der Waals surface area contributed by atoms with E-state index >= 15 is 0 Å². The summed E-state index contributed by atoms with van der Waals surface area (Å²) >= 11 is 0. The highest BCUT2D eigenvalue weighted by molar-refractivity contribution is 6.10. The molecule has 120 valence electrons. The average Bonchev–Trinajstić information content (AvgIpc) is 3.04. The Morgan fingerprint density at radius 3 is 2.39 bits per heavy atom. The fraction of sp³-hybridized carbons (Fsp3) is 0.316. The zero-order chi connectivity index (χ0) is 16.2. The van der Waals surface area contributed by atoms with E-state index in [4.69, 9.17) is 14.2 Å². The number of ether oxygens (including phenoxy) is 3. The van der Waals surface area contributed by atoms with Crippen LogP contribution in [0.5, 0.6) is 0 Å². The minimum absolute atomic E-state index is 0.0134. The van der Waals surface area contributed by atoms with Crippen LogP contribution in [0.1, 0.15) is 27.6 Å². The van der Waals surface area contributed by atoms with E-state index in [1.165, 1.54) is 0 Å². The minimum Gasteiger partial charge on any atom is -0.376 e. The first-order chi connectivity index (χ1) is 11.3. The van der Waals surface area contributed by atoms with Crippen LogP contribution in [0.2, 0.25) is 0 Å². The topological polar surface area (TPSA) is 44.8 Å². The van der Waals surface area contributed by atoms with Gasteiger partial charge in [-0.25, -0.2) is 0 Å². The fourth-order valence-electron chi connectivity index (χ4n) is 3.02. The summed E-state index contributed by atoms with van der Waals surface area (Å²) in [6.07, 6.45) is -0.677. The van der Waals surface area contributed by atoms with Gasteiger partial charge in [0.2, 0.25) is 0 Å². The molecule has 1 saturated heterocycles. The molecule has 1 fully saturated rings. The van der Waals surface area contributed by atoms with Gasteiger partial charge in [0.15, 0.2) is 5.78 Å². The first kappa shape index (κ1) is 15.9. The molecule has 0 aromatic heterocycles. The van der Waals surface area contributed by atoms with Gasteiger partial charge in [-0.15, -0.1) is 0 Å². The van der Waals surface area contributed by atoms with E-state index in [0.717, 1.165) is 5.56 Å². The third-order valence-electron chi connectivity index (χ3n) is 4.23. The van der Waals surface area contributed by atoms with Crippen LogP contribution in [-0.4, -0.2) is 38.8 Å². The third-order valence-corrected chi connectivity index (χ3v) is 4.23. The summed E-state index contributed by atoms with van der Waals surface area (Å²) in [5, 5.41) is 0. The normalized spacial score (nSPS) is 23.8. The van der Waals surface area contributed by atoms with Gasteiger partial charge in [-0.3, -0.25) is 4.79 Å². The van der Waals surface area contributed by atoms with Crippen LogP contribution in [0, 0.1) is 0 Å². The van der Waals surface area contributed by atoms with Crippen molar-refractivity contribution in [1.82, 2.24) is 0 Å². The lowest BCUT2D eigenvalue weighted by molar-refractivity contribution is -0.0256. The lowest BCUT2D eigenvalue weighted by Crippen LogP contribution is -2.30. The van der Waals surface area contributed by atoms with E-state index in [1.807, 2.05) is 54.6 Å². The average molecular weight is 312 g/mol. The zero-order valence-corrected chi connectivity index (χ0v) is 13.3. The largest absolute Gasteiger partial charge is 0.376 e. The second-order valence-electron chi connectivity index (χ2n) is 5.51. The molecule has 3 rings (SSSR count). The van der Waals surface area contributed by atoms with Gasteiger partial charge >= 0.3 is 0 Å². The summed E-state index contributed by atoms with van der Waals surface area (Å²) in [5.74, 6) is -0.0134. The van der Waals surface area contributed by atoms with Crippen molar-refractivity contribution < 1.29 is 19.0 Å². The number of rotatable bonds is 5. The van der Waals surface area contributed by atoms with Gasteiger partial charge in [0, 0.05) is 25.3 Å². The van der Waals surface area contributed by atoms with Crippen molar-refractivity contribution in [2.75, 3.05) is 20.8 Å². The van der Waals surface area contributed by atoms with E-state index < -0.39 is 0 Å². The van der Waals surface area contributed by atoms with Crippen molar-refractivity contribution in [2.45, 2.75) is 18.3 Å². The fourth-order valence-corrected chi connectivity index (χ4v) is 3.02. The molecule has 0 radical (unpaired) electrons. The molecule has 23 heavy (non-hydrogen) atoms. The Hall–Kier alpha value is -2.01. The van der Waals surface area contributed by atoms with Crippen molar-refractivity contribution in [3.63, 3.8) is 0 Å². The Bertz CT molecular complexity index is 668. The molecule has 3 atom stereocenters. The van der Waals surface area contributed by atoms with Gasteiger partial charge in [0.1, 0.15) is 18.3 Å². The first-order valence-corrected chi connectivity index (χ1v) is 7.62. The number of hydrogen-bond donors (Lipinski definition) is 0. The van der Waals surface area contributed by atoms with E-state index in [-0.39, 0.29) is 24.1 Å². The second-order valence-corrected chi connectivity index (χ2v) is 5.51. The Morgan fingerprint density at radius 1 is 1.00 bits per heavy atom. The van der Waals surface area contributed by atoms with Crippen molar-refractivity contribution >= 4 is 5.78 Å². The smallest absolute Gasteiger partial charge is 0.193 e. The number of carbonyl (C=O) groups excluding carboxylic acids is 1. The number of benzene rings is 2. The molecular formula is C19H20O4. The zero-order valence-electron chi connectivity index (χ0n) is 13.3. The molecule has 0 spiro atoms. The Morgan fingerprint density at radius 2 is 1.70 bits per heavy atom. The lowest BCUT2D eigenvalue weighted by Gasteiger charge is -2.22. The van der Waals surface area contributed by atoms with Crippen LogP contribution in [0.25, 0.3) is 0 Å². The number of hydrogen-bond acceptors (Lipinski definition) is 4. The first-order valence-electron chi connectivity index (χ1n) is 7.62. The Balaban J connectivity index is 1.97. The third kappa shape index (κ3) is 3.06. The van der Waals surface area contributed by atoms with Crippen LogP contribution < -0.4 is 0 Å². The quantitative estimate of drug-likeness (QED) is 0.796. The predicted molar refractivity (Wildman–Crippen MR) is 86.6 cm³/mol. The standard InChI is InChI=1S/C19H20O4/c1-21-16-12-23-18(19(16)22-2)15-11-7-6-10-14(15)17(20)13-8-4-3-5-9-13/h3-11,16,18-19H,12H2,1-2H3/t16-,18+,19-/m0/s1. The van der Waals surface area contributed by atoms with Crippen molar-refractivity contribution in [3.05, 3.63) is 71.3 Å². The van der Waals surface area contributed by atoms with E-state index in [9.17, 15) is 4.79 Å². The molecular weight excluding hydrogens is 292 g/mol. The molecule has 0 aliphatic carbocycles. The summed E-state index contributed by atoms with van der Waals surface area (Å²) in [7, 11) is 3.28. The predicted octanol–water partition coefficient (Wildman–Crippen LogP) is 3.02. The van der Waals surface area contributed by atoms with E-state index in [0.29, 0.717) is 17.7 Å². The van der Waals surface area contributed by atoms with Crippen molar-refractivity contribution in [3.8, 4) is 0 Å². The van der Waals surface area contributed by atoms with Crippen molar-refractivity contribution in [1.29, 1.82) is 0 Å². The Labute approximate surface area is 136 Å². The highest BCUT2D eigenvalue weighted by atomic mass is 16.6. The summed E-state index contributed by atoms with van der Waals surface area (Å²) in [6, 6.07) is 16.8. The molecule has 1 aliphatic heterocycles. The van der Waals surface area contributed by atoms with Gasteiger partial charge in [-0.2, -0.15) is 0 Å². The van der Waals surface area contributed by atoms with Crippen LogP contribution in [0.4, 0.5) is 0 Å². The molecule has 0 amide bonds. The number of methoxy groups -OCH3 is 2. The summed E-state index contributed by atoms with van der Waals surface area (Å²) < 4.78 is 16.8. The van der Waals surface area contributed by atoms with Gasteiger partial charge < -0.3 is 14.2 Å². The maximum atomic E-state index is 12.8. The minimum atomic E-state index is -0.311. The molecule has 0 bridgehead atoms. The maximum Gasteiger partial charge on any atom is 0.193 e. The molecule has 0 N–H and O–H groups in total. The van der Waals surface area contributed by atoms with Gasteiger partial charge in [0.25, 0.3) is 0 Å². The lowest BCUT2D eigenvalue weighted by atomic mass is 9.93. The van der Waals surface area contributed by atoms with Crippen LogP contribution in [0.15, 0.2) is 54.6 Å². The maximum absolute atomic E-state index is 12.8. The summed E-state index contributed by atoms with van der Waals surface area (Å²) in [4.78, 5) is 12.8. The van der Waals surface area contributed by atoms with Crippen LogP contribution >= 0.6 is 0 Å². The molecule has 2 aromatic rings. The Kier molecular flexibility index (Phi) is 4.86. The highest BCUT2D eigenvalue weighted by Crippen LogP contribution is 2.35. The highest BCUT2D eigenvalue weighted by Gasteiger charge is 2.40. The van der Waals surface area contributed by atoms with Crippen molar-refractivity contribution in [2.24, 2.45) is 0 Å². The molecule has 1 heterocycles. The second kappa shape index (κ2) is 7.04. The molecule has 4 nitrogen and oxygen atoms in total. The van der Waals surface area contributed by atoms with E-state index in [2.05, 4.69) is 0 Å². The molecule has 2 aromatic carbocycles. The SMILES string of the molecule is CO[C@H]1[C@@H](OC)CO[C@@H]1c1ccccc1C(=O)c1ccccc1. The van der Waals surface area contributed by atoms with Gasteiger partial charge in [0.05, 0.1) is 6.61 Å². The van der Waals surface area contributed by atoms with Crippen LogP contribution in [-0.2, 0) is 14.2 Å². The summed E-state index contributed by atoms with van der Waals surface area (Å²) in [6.45, 7) is 0.452. The van der Waals surface area contributed by atoms with Gasteiger partial charge in [-0.1, -0.05) is 54.6 Å². The molecule has 4 heteroatoms. The van der Waals surface area contributed by atoms with Crippen LogP contribution in [0.3, 0.4) is 0 Å². The summed E-state index contributed by atoms with van der Waals surface area (Å²) in [5.41, 5.74) is 2.14.